The third-order valence-electron chi connectivity index (χ3n) is 2.49. The molecule has 3 heterocycles. The summed E-state index contributed by atoms with van der Waals surface area (Å²) in [5.41, 5.74) is 0. The summed E-state index contributed by atoms with van der Waals surface area (Å²) < 4.78 is 10.3. The molecule has 5 atom stereocenters. The van der Waals surface area contributed by atoms with Gasteiger partial charge in [0, 0.05) is 13.7 Å². The van der Waals surface area contributed by atoms with Gasteiger partial charge in [0.2, 0.25) is 0 Å². The molecule has 3 aliphatic rings. The van der Waals surface area contributed by atoms with E-state index in [1.165, 1.54) is 7.11 Å². The van der Waals surface area contributed by atoms with Gasteiger partial charge in [0.15, 0.2) is 6.29 Å². The fourth-order valence-electron chi connectivity index (χ4n) is 1.77. The van der Waals surface area contributed by atoms with Crippen molar-refractivity contribution in [3.63, 3.8) is 0 Å². The highest BCUT2D eigenvalue weighted by atomic mass is 16.7. The van der Waals surface area contributed by atoms with Crippen LogP contribution < -0.4 is 5.32 Å². The molecule has 2 bridgehead atoms. The van der Waals surface area contributed by atoms with Crippen molar-refractivity contribution in [2.45, 2.75) is 30.6 Å². The summed E-state index contributed by atoms with van der Waals surface area (Å²) in [5.74, 6) is 0. The van der Waals surface area contributed by atoms with Crippen molar-refractivity contribution in [1.29, 1.82) is 0 Å². The zero-order chi connectivity index (χ0) is 8.72. The molecule has 3 fully saturated rings. The standard InChI is InChI=1S/C7H13NO4/c1-11-7-4-6(10)5(9)3(12-7)2-8-4/h3-10H,2H2,1H3. The molecule has 0 spiro atoms. The summed E-state index contributed by atoms with van der Waals surface area (Å²) in [6.45, 7) is 0.572. The number of hydrogen-bond acceptors (Lipinski definition) is 5. The van der Waals surface area contributed by atoms with Crippen molar-refractivity contribution >= 4 is 0 Å². The Morgan fingerprint density at radius 3 is 2.75 bits per heavy atom. The molecule has 5 nitrogen and oxygen atoms in total. The van der Waals surface area contributed by atoms with Gasteiger partial charge >= 0.3 is 0 Å². The van der Waals surface area contributed by atoms with Crippen LogP contribution in [0.15, 0.2) is 0 Å². The van der Waals surface area contributed by atoms with Crippen LogP contribution in [0.2, 0.25) is 0 Å². The minimum absolute atomic E-state index is 0.310. The third kappa shape index (κ3) is 1.06. The molecule has 0 saturated carbocycles. The molecule has 0 aromatic rings. The molecular weight excluding hydrogens is 162 g/mol. The molecule has 70 valence electrons. The van der Waals surface area contributed by atoms with Crippen LogP contribution in [0.25, 0.3) is 0 Å². The van der Waals surface area contributed by atoms with Crippen molar-refractivity contribution < 1.29 is 19.7 Å². The maximum Gasteiger partial charge on any atom is 0.175 e. The zero-order valence-electron chi connectivity index (χ0n) is 6.80. The lowest BCUT2D eigenvalue weighted by Crippen LogP contribution is -2.70. The molecule has 0 radical (unpaired) electrons. The predicted octanol–water partition coefficient (Wildman–Crippen LogP) is -1.95. The van der Waals surface area contributed by atoms with Crippen LogP contribution in [-0.2, 0) is 9.47 Å². The molecule has 0 aromatic carbocycles. The van der Waals surface area contributed by atoms with Gasteiger partial charge in [-0.25, -0.2) is 0 Å². The summed E-state index contributed by atoms with van der Waals surface area (Å²) in [5, 5.41) is 21.9. The number of methoxy groups -OCH3 is 1. The summed E-state index contributed by atoms with van der Waals surface area (Å²) in [6, 6.07) is -0.310. The Balaban J connectivity index is 2.12. The second kappa shape index (κ2) is 2.93. The zero-order valence-corrected chi connectivity index (χ0v) is 6.80. The molecule has 3 saturated heterocycles. The topological polar surface area (TPSA) is 71.0 Å². The fraction of sp³-hybridized carbons (Fsp3) is 1.00. The Kier molecular flexibility index (Phi) is 2.05. The van der Waals surface area contributed by atoms with E-state index < -0.39 is 18.5 Å². The number of hydrogen-bond donors (Lipinski definition) is 3. The first-order valence-electron chi connectivity index (χ1n) is 4.02. The van der Waals surface area contributed by atoms with Crippen LogP contribution in [0, 0.1) is 0 Å². The molecule has 5 unspecified atom stereocenters. The van der Waals surface area contributed by atoms with Crippen LogP contribution in [0.3, 0.4) is 0 Å². The Bertz CT molecular complexity index is 173. The van der Waals surface area contributed by atoms with Crippen molar-refractivity contribution in [2.75, 3.05) is 13.7 Å². The third-order valence-corrected chi connectivity index (χ3v) is 2.49. The molecule has 5 heteroatoms. The van der Waals surface area contributed by atoms with Gasteiger partial charge in [-0.15, -0.1) is 0 Å². The lowest BCUT2D eigenvalue weighted by molar-refractivity contribution is -0.278. The lowest BCUT2D eigenvalue weighted by atomic mass is 9.92. The quantitative estimate of drug-likeness (QED) is 0.432. The Hall–Kier alpha value is -0.200. The van der Waals surface area contributed by atoms with E-state index in [1.54, 1.807) is 0 Å². The second-order valence-corrected chi connectivity index (χ2v) is 3.19. The second-order valence-electron chi connectivity index (χ2n) is 3.19. The van der Waals surface area contributed by atoms with Crippen LogP contribution in [-0.4, -0.2) is 54.5 Å². The number of aliphatic hydroxyl groups is 2. The van der Waals surface area contributed by atoms with E-state index >= 15 is 0 Å². The van der Waals surface area contributed by atoms with Gasteiger partial charge in [-0.3, -0.25) is 0 Å². The van der Waals surface area contributed by atoms with E-state index in [1.807, 2.05) is 0 Å². The highest BCUT2D eigenvalue weighted by Crippen LogP contribution is 2.25. The summed E-state index contributed by atoms with van der Waals surface area (Å²) in [6.07, 6.45) is -2.37. The average molecular weight is 175 g/mol. The molecule has 0 aromatic heterocycles. The number of rotatable bonds is 1. The van der Waals surface area contributed by atoms with Gasteiger partial charge in [0.1, 0.15) is 18.3 Å². The van der Waals surface area contributed by atoms with Gasteiger partial charge in [-0.1, -0.05) is 0 Å². The number of piperidine rings is 1. The normalized spacial score (nSPS) is 52.8. The monoisotopic (exact) mass is 175 g/mol. The fourth-order valence-corrected chi connectivity index (χ4v) is 1.77. The first-order valence-corrected chi connectivity index (χ1v) is 4.02. The molecule has 3 N–H and O–H groups in total. The Morgan fingerprint density at radius 2 is 2.17 bits per heavy atom. The van der Waals surface area contributed by atoms with E-state index in [2.05, 4.69) is 5.32 Å². The number of fused-ring (bicyclic) bond motifs is 3. The molecule has 0 amide bonds. The SMILES string of the molecule is COC1OC2CNC1C(O)C2O. The largest absolute Gasteiger partial charge is 0.388 e. The van der Waals surface area contributed by atoms with Crippen LogP contribution >= 0.6 is 0 Å². The summed E-state index contributed by atoms with van der Waals surface area (Å²) >= 11 is 0. The average Bonchev–Trinajstić information content (AvgIpc) is 2.12. The van der Waals surface area contributed by atoms with E-state index in [9.17, 15) is 10.2 Å². The van der Waals surface area contributed by atoms with Crippen molar-refractivity contribution in [2.24, 2.45) is 0 Å². The minimum Gasteiger partial charge on any atom is -0.388 e. The first-order chi connectivity index (χ1) is 5.74. The van der Waals surface area contributed by atoms with Crippen molar-refractivity contribution in [1.82, 2.24) is 5.32 Å². The highest BCUT2D eigenvalue weighted by molar-refractivity contribution is 4.99. The van der Waals surface area contributed by atoms with E-state index in [-0.39, 0.29) is 12.1 Å². The van der Waals surface area contributed by atoms with Gasteiger partial charge in [0.05, 0.1) is 6.04 Å². The minimum atomic E-state index is -0.789. The maximum absolute atomic E-state index is 9.50. The van der Waals surface area contributed by atoms with Crippen molar-refractivity contribution in [3.8, 4) is 0 Å². The van der Waals surface area contributed by atoms with Crippen molar-refractivity contribution in [3.05, 3.63) is 0 Å². The van der Waals surface area contributed by atoms with Gasteiger partial charge < -0.3 is 25.0 Å². The highest BCUT2D eigenvalue weighted by Gasteiger charge is 2.48. The maximum atomic E-state index is 9.50. The molecule has 12 heavy (non-hydrogen) atoms. The first kappa shape index (κ1) is 8.40. The van der Waals surface area contributed by atoms with E-state index in [0.717, 1.165) is 0 Å². The molecule has 3 aliphatic heterocycles. The van der Waals surface area contributed by atoms with Gasteiger partial charge in [-0.05, 0) is 0 Å². The van der Waals surface area contributed by atoms with Gasteiger partial charge in [0.25, 0.3) is 0 Å². The number of morpholine rings is 1. The number of aliphatic hydroxyl groups excluding tert-OH is 2. The van der Waals surface area contributed by atoms with Crippen LogP contribution in [0.5, 0.6) is 0 Å². The van der Waals surface area contributed by atoms with E-state index in [0.29, 0.717) is 6.54 Å². The number of ether oxygens (including phenoxy) is 2. The molecular formula is C7H13NO4. The molecule has 3 rings (SSSR count). The van der Waals surface area contributed by atoms with E-state index in [4.69, 9.17) is 9.47 Å². The van der Waals surface area contributed by atoms with Gasteiger partial charge in [-0.2, -0.15) is 0 Å². The Labute approximate surface area is 70.3 Å². The van der Waals surface area contributed by atoms with Crippen LogP contribution in [0.4, 0.5) is 0 Å². The summed E-state index contributed by atoms with van der Waals surface area (Å²) in [4.78, 5) is 0. The Morgan fingerprint density at radius 1 is 1.42 bits per heavy atom. The smallest absolute Gasteiger partial charge is 0.175 e. The van der Waals surface area contributed by atoms with Crippen LogP contribution in [0.1, 0.15) is 0 Å². The molecule has 0 aliphatic carbocycles. The predicted molar refractivity (Wildman–Crippen MR) is 39.5 cm³/mol. The lowest BCUT2D eigenvalue weighted by Gasteiger charge is -2.47. The summed E-state index contributed by atoms with van der Waals surface area (Å²) in [7, 11) is 1.52. The number of nitrogens with one attached hydrogen (secondary N) is 1.